The van der Waals surface area contributed by atoms with Crippen molar-refractivity contribution in [3.8, 4) is 11.1 Å². The molecular weight excluding hydrogens is 432 g/mol. The average molecular weight is 471 g/mol. The third kappa shape index (κ3) is 7.67. The van der Waals surface area contributed by atoms with Crippen LogP contribution >= 0.6 is 0 Å². The van der Waals surface area contributed by atoms with Gasteiger partial charge in [-0.3, -0.25) is 0 Å². The lowest BCUT2D eigenvalue weighted by Crippen LogP contribution is -2.42. The number of urea groups is 1. The SMILES string of the molecule is CCN(CCCC(Cc1ccccc1)NC(=O)Nc1ccc(-c2ccccc2)cc1)N1CCCC1. The van der Waals surface area contributed by atoms with Crippen molar-refractivity contribution in [3.05, 3.63) is 90.5 Å². The molecule has 184 valence electrons. The zero-order valence-corrected chi connectivity index (χ0v) is 20.8. The van der Waals surface area contributed by atoms with Crippen molar-refractivity contribution in [2.75, 3.05) is 31.5 Å². The Kier molecular flexibility index (Phi) is 9.32. The lowest BCUT2D eigenvalue weighted by Gasteiger charge is -2.31. The second-order valence-corrected chi connectivity index (χ2v) is 9.28. The molecule has 1 aliphatic rings. The molecule has 5 heteroatoms. The number of anilines is 1. The van der Waals surface area contributed by atoms with Crippen molar-refractivity contribution in [3.63, 3.8) is 0 Å². The number of carbonyl (C=O) groups excluding carboxylic acids is 1. The molecule has 35 heavy (non-hydrogen) atoms. The minimum absolute atomic E-state index is 0.0817. The number of nitrogens with one attached hydrogen (secondary N) is 2. The highest BCUT2D eigenvalue weighted by Gasteiger charge is 2.19. The summed E-state index contributed by atoms with van der Waals surface area (Å²) >= 11 is 0. The molecule has 1 unspecified atom stereocenters. The van der Waals surface area contributed by atoms with Crippen molar-refractivity contribution in [2.24, 2.45) is 0 Å². The summed E-state index contributed by atoms with van der Waals surface area (Å²) in [6.07, 6.45) is 5.41. The molecule has 5 nitrogen and oxygen atoms in total. The predicted octanol–water partition coefficient (Wildman–Crippen LogP) is 6.20. The highest BCUT2D eigenvalue weighted by atomic mass is 16.2. The maximum Gasteiger partial charge on any atom is 0.319 e. The molecule has 0 saturated carbocycles. The number of amides is 2. The normalized spacial score (nSPS) is 14.7. The largest absolute Gasteiger partial charge is 0.335 e. The van der Waals surface area contributed by atoms with Crippen LogP contribution in [0.15, 0.2) is 84.9 Å². The van der Waals surface area contributed by atoms with Gasteiger partial charge in [-0.25, -0.2) is 14.8 Å². The van der Waals surface area contributed by atoms with Gasteiger partial charge in [0.15, 0.2) is 0 Å². The maximum absolute atomic E-state index is 12.9. The fraction of sp³-hybridized carbons (Fsp3) is 0.367. The van der Waals surface area contributed by atoms with E-state index < -0.39 is 0 Å². The quantitative estimate of drug-likeness (QED) is 0.351. The molecule has 1 atom stereocenters. The third-order valence-electron chi connectivity index (χ3n) is 6.73. The van der Waals surface area contributed by atoms with Crippen LogP contribution in [0.4, 0.5) is 10.5 Å². The second kappa shape index (κ2) is 13.1. The average Bonchev–Trinajstić information content (AvgIpc) is 3.43. The van der Waals surface area contributed by atoms with Gasteiger partial charge in [0.05, 0.1) is 0 Å². The number of hydrogen-bond donors (Lipinski definition) is 2. The van der Waals surface area contributed by atoms with E-state index in [0.29, 0.717) is 0 Å². The van der Waals surface area contributed by atoms with E-state index in [1.807, 2.05) is 48.5 Å². The summed E-state index contributed by atoms with van der Waals surface area (Å²) in [5.41, 5.74) is 4.35. The first kappa shape index (κ1) is 25.0. The molecule has 0 spiro atoms. The Morgan fingerprint density at radius 2 is 1.51 bits per heavy atom. The van der Waals surface area contributed by atoms with E-state index in [4.69, 9.17) is 0 Å². The summed E-state index contributed by atoms with van der Waals surface area (Å²) in [7, 11) is 0. The lowest BCUT2D eigenvalue weighted by molar-refractivity contribution is 0.0000585. The van der Waals surface area contributed by atoms with E-state index >= 15 is 0 Å². The minimum Gasteiger partial charge on any atom is -0.335 e. The highest BCUT2D eigenvalue weighted by Crippen LogP contribution is 2.21. The van der Waals surface area contributed by atoms with Crippen molar-refractivity contribution >= 4 is 11.7 Å². The van der Waals surface area contributed by atoms with Crippen LogP contribution in [0.1, 0.15) is 38.2 Å². The summed E-state index contributed by atoms with van der Waals surface area (Å²) in [4.78, 5) is 12.9. The van der Waals surface area contributed by atoms with Gasteiger partial charge in [0, 0.05) is 37.9 Å². The van der Waals surface area contributed by atoms with Gasteiger partial charge in [-0.1, -0.05) is 79.7 Å². The Balaban J connectivity index is 1.33. The van der Waals surface area contributed by atoms with Gasteiger partial charge < -0.3 is 10.6 Å². The van der Waals surface area contributed by atoms with Crippen molar-refractivity contribution in [1.82, 2.24) is 15.3 Å². The van der Waals surface area contributed by atoms with Crippen LogP contribution in [0.5, 0.6) is 0 Å². The smallest absolute Gasteiger partial charge is 0.319 e. The monoisotopic (exact) mass is 470 g/mol. The maximum atomic E-state index is 12.9. The Morgan fingerprint density at radius 3 is 2.17 bits per heavy atom. The van der Waals surface area contributed by atoms with Crippen LogP contribution in [0, 0.1) is 0 Å². The number of nitrogens with zero attached hydrogens (tertiary/aromatic N) is 2. The van der Waals surface area contributed by atoms with Crippen LogP contribution in [0.3, 0.4) is 0 Å². The molecule has 1 aliphatic heterocycles. The van der Waals surface area contributed by atoms with Crippen molar-refractivity contribution in [2.45, 2.75) is 45.1 Å². The Bertz CT molecular complexity index is 1020. The van der Waals surface area contributed by atoms with E-state index in [1.54, 1.807) is 0 Å². The fourth-order valence-electron chi connectivity index (χ4n) is 4.86. The summed E-state index contributed by atoms with van der Waals surface area (Å²) in [6, 6.07) is 28.6. The first-order chi connectivity index (χ1) is 17.2. The van der Waals surface area contributed by atoms with Crippen LogP contribution in [0.25, 0.3) is 11.1 Å². The first-order valence-electron chi connectivity index (χ1n) is 13.0. The van der Waals surface area contributed by atoms with Gasteiger partial charge >= 0.3 is 6.03 Å². The van der Waals surface area contributed by atoms with Gasteiger partial charge in [0.1, 0.15) is 0 Å². The van der Waals surface area contributed by atoms with E-state index in [2.05, 4.69) is 64.0 Å². The Morgan fingerprint density at radius 1 is 0.886 bits per heavy atom. The standard InChI is InChI=1S/C30H38N4O/c1-2-33(34-21-9-10-22-34)23-11-16-29(24-25-12-5-3-6-13-25)32-30(35)31-28-19-17-27(18-20-28)26-14-7-4-8-15-26/h3-8,12-15,17-20,29H,2,9-11,16,21-24H2,1H3,(H2,31,32,35). The molecule has 4 rings (SSSR count). The van der Waals surface area contributed by atoms with Gasteiger partial charge in [-0.15, -0.1) is 0 Å². The number of hydrogen-bond acceptors (Lipinski definition) is 3. The lowest BCUT2D eigenvalue weighted by atomic mass is 10.0. The highest BCUT2D eigenvalue weighted by molar-refractivity contribution is 5.89. The van der Waals surface area contributed by atoms with Crippen molar-refractivity contribution in [1.29, 1.82) is 0 Å². The molecule has 0 radical (unpaired) electrons. The van der Waals surface area contributed by atoms with Crippen LogP contribution < -0.4 is 10.6 Å². The molecule has 0 aliphatic carbocycles. The molecule has 1 saturated heterocycles. The summed E-state index contributed by atoms with van der Waals surface area (Å²) in [5.74, 6) is 0. The van der Waals surface area contributed by atoms with Crippen LogP contribution in [-0.2, 0) is 6.42 Å². The minimum atomic E-state index is -0.148. The summed E-state index contributed by atoms with van der Waals surface area (Å²) < 4.78 is 0. The molecule has 0 aromatic heterocycles. The number of hydrazine groups is 1. The molecule has 3 aromatic rings. The number of rotatable bonds is 11. The summed E-state index contributed by atoms with van der Waals surface area (Å²) in [6.45, 7) is 6.65. The van der Waals surface area contributed by atoms with Crippen LogP contribution in [0.2, 0.25) is 0 Å². The van der Waals surface area contributed by atoms with E-state index in [1.165, 1.54) is 37.1 Å². The molecule has 1 heterocycles. The van der Waals surface area contributed by atoms with Crippen molar-refractivity contribution < 1.29 is 4.79 Å². The zero-order chi connectivity index (χ0) is 24.3. The molecule has 1 fully saturated rings. The predicted molar refractivity (Wildman–Crippen MR) is 145 cm³/mol. The van der Waals surface area contributed by atoms with Gasteiger partial charge in [0.25, 0.3) is 0 Å². The second-order valence-electron chi connectivity index (χ2n) is 9.28. The van der Waals surface area contributed by atoms with E-state index in [0.717, 1.165) is 43.6 Å². The topological polar surface area (TPSA) is 47.6 Å². The van der Waals surface area contributed by atoms with E-state index in [-0.39, 0.29) is 12.1 Å². The fourth-order valence-corrected chi connectivity index (χ4v) is 4.86. The zero-order valence-electron chi connectivity index (χ0n) is 20.8. The molecular formula is C30H38N4O. The Hall–Kier alpha value is -3.15. The van der Waals surface area contributed by atoms with Crippen LogP contribution in [-0.4, -0.2) is 48.3 Å². The molecule has 2 amide bonds. The number of carbonyl (C=O) groups is 1. The molecule has 2 N–H and O–H groups in total. The van der Waals surface area contributed by atoms with Gasteiger partial charge in [-0.05, 0) is 60.9 Å². The van der Waals surface area contributed by atoms with Gasteiger partial charge in [-0.2, -0.15) is 0 Å². The third-order valence-corrected chi connectivity index (χ3v) is 6.73. The number of benzene rings is 3. The van der Waals surface area contributed by atoms with Gasteiger partial charge in [0.2, 0.25) is 0 Å². The Labute approximate surface area is 210 Å². The first-order valence-corrected chi connectivity index (χ1v) is 13.0. The molecule has 3 aromatic carbocycles. The van der Waals surface area contributed by atoms with E-state index in [9.17, 15) is 4.79 Å². The summed E-state index contributed by atoms with van der Waals surface area (Å²) in [5, 5.41) is 11.2. The molecule has 0 bridgehead atoms.